The van der Waals surface area contributed by atoms with Crippen LogP contribution in [0.5, 0.6) is 5.75 Å². The Morgan fingerprint density at radius 3 is 1.88 bits per heavy atom. The van der Waals surface area contributed by atoms with Crippen molar-refractivity contribution in [2.75, 3.05) is 6.61 Å². The SMILES string of the molecule is CCCCCCCCCCCCCOC(=O)Oc1ccc([N+](=O)[O-])cc1. The Bertz CT molecular complexity index is 515. The standard InChI is InChI=1S/C20H31NO5/c1-2-3-4-5-6-7-8-9-10-11-12-17-25-20(22)26-19-15-13-18(14-16-19)21(23)24/h13-16H,2-12,17H2,1H3. The van der Waals surface area contributed by atoms with Gasteiger partial charge in [0.1, 0.15) is 5.75 Å². The van der Waals surface area contributed by atoms with Crippen molar-refractivity contribution in [3.05, 3.63) is 34.4 Å². The fraction of sp³-hybridized carbons (Fsp3) is 0.650. The molecule has 1 aromatic carbocycles. The number of carbonyl (C=O) groups excluding carboxylic acids is 1. The quantitative estimate of drug-likeness (QED) is 0.125. The first-order valence-electron chi connectivity index (χ1n) is 9.72. The largest absolute Gasteiger partial charge is 0.513 e. The number of hydrogen-bond donors (Lipinski definition) is 0. The van der Waals surface area contributed by atoms with Crippen LogP contribution >= 0.6 is 0 Å². The van der Waals surface area contributed by atoms with Gasteiger partial charge in [0.2, 0.25) is 0 Å². The molecule has 1 aromatic rings. The van der Waals surface area contributed by atoms with Gasteiger partial charge in [-0.2, -0.15) is 0 Å². The number of carbonyl (C=O) groups is 1. The monoisotopic (exact) mass is 365 g/mol. The van der Waals surface area contributed by atoms with Gasteiger partial charge in [-0.1, -0.05) is 71.1 Å². The van der Waals surface area contributed by atoms with Crippen LogP contribution in [0.15, 0.2) is 24.3 Å². The molecule has 146 valence electrons. The van der Waals surface area contributed by atoms with Crippen LogP contribution in [0.3, 0.4) is 0 Å². The number of non-ortho nitro benzene ring substituents is 1. The third-order valence-electron chi connectivity index (χ3n) is 4.22. The molecule has 0 aliphatic carbocycles. The van der Waals surface area contributed by atoms with E-state index in [9.17, 15) is 14.9 Å². The molecule has 0 saturated carbocycles. The van der Waals surface area contributed by atoms with Crippen LogP contribution in [0, 0.1) is 10.1 Å². The minimum Gasteiger partial charge on any atom is -0.434 e. The highest BCUT2D eigenvalue weighted by Gasteiger charge is 2.08. The molecule has 0 aliphatic rings. The summed E-state index contributed by atoms with van der Waals surface area (Å²) in [5, 5.41) is 10.5. The highest BCUT2D eigenvalue weighted by atomic mass is 16.7. The second-order valence-electron chi connectivity index (χ2n) is 6.49. The van der Waals surface area contributed by atoms with Crippen LogP contribution in [0.2, 0.25) is 0 Å². The Morgan fingerprint density at radius 2 is 1.38 bits per heavy atom. The van der Waals surface area contributed by atoms with E-state index < -0.39 is 11.1 Å². The van der Waals surface area contributed by atoms with Crippen LogP contribution in [0.1, 0.15) is 77.6 Å². The minimum atomic E-state index is -0.772. The van der Waals surface area contributed by atoms with E-state index in [1.54, 1.807) is 0 Å². The van der Waals surface area contributed by atoms with Crippen molar-refractivity contribution in [1.82, 2.24) is 0 Å². The molecule has 0 fully saturated rings. The lowest BCUT2D eigenvalue weighted by atomic mass is 10.1. The molecular formula is C20H31NO5. The predicted octanol–water partition coefficient (Wildman–Crippen LogP) is 6.42. The topological polar surface area (TPSA) is 78.7 Å². The predicted molar refractivity (Wildman–Crippen MR) is 102 cm³/mol. The van der Waals surface area contributed by atoms with Gasteiger partial charge in [0.25, 0.3) is 5.69 Å². The lowest BCUT2D eigenvalue weighted by Crippen LogP contribution is -2.11. The van der Waals surface area contributed by atoms with E-state index in [-0.39, 0.29) is 11.4 Å². The third kappa shape index (κ3) is 10.7. The molecule has 0 N–H and O–H groups in total. The Balaban J connectivity index is 1.96. The molecule has 0 radical (unpaired) electrons. The molecule has 0 atom stereocenters. The maximum atomic E-state index is 11.5. The lowest BCUT2D eigenvalue weighted by Gasteiger charge is -2.06. The summed E-state index contributed by atoms with van der Waals surface area (Å²) in [5.41, 5.74) is -0.0494. The Morgan fingerprint density at radius 1 is 0.885 bits per heavy atom. The first kappa shape index (κ1) is 21.9. The van der Waals surface area contributed by atoms with Gasteiger partial charge in [0, 0.05) is 12.1 Å². The van der Waals surface area contributed by atoms with Crippen LogP contribution in [-0.2, 0) is 4.74 Å². The first-order chi connectivity index (χ1) is 12.6. The smallest absolute Gasteiger partial charge is 0.434 e. The molecule has 0 unspecified atom stereocenters. The summed E-state index contributed by atoms with van der Waals surface area (Å²) >= 11 is 0. The average molecular weight is 365 g/mol. The van der Waals surface area contributed by atoms with Gasteiger partial charge in [-0.25, -0.2) is 4.79 Å². The molecule has 0 heterocycles. The van der Waals surface area contributed by atoms with Gasteiger partial charge in [0.05, 0.1) is 11.5 Å². The van der Waals surface area contributed by atoms with Crippen molar-refractivity contribution in [3.63, 3.8) is 0 Å². The number of nitro benzene ring substituents is 1. The van der Waals surface area contributed by atoms with Gasteiger partial charge in [-0.15, -0.1) is 0 Å². The fourth-order valence-corrected chi connectivity index (χ4v) is 2.68. The van der Waals surface area contributed by atoms with Crippen LogP contribution in [0.4, 0.5) is 10.5 Å². The molecule has 0 bridgehead atoms. The molecule has 0 amide bonds. The molecule has 0 spiro atoms. The number of rotatable bonds is 14. The van der Waals surface area contributed by atoms with Crippen molar-refractivity contribution in [1.29, 1.82) is 0 Å². The van der Waals surface area contributed by atoms with E-state index in [4.69, 9.17) is 9.47 Å². The highest BCUT2D eigenvalue weighted by Crippen LogP contribution is 2.17. The summed E-state index contributed by atoms with van der Waals surface area (Å²) in [5.74, 6) is 0.236. The number of benzene rings is 1. The Labute approximate surface area is 156 Å². The summed E-state index contributed by atoms with van der Waals surface area (Å²) in [4.78, 5) is 21.6. The highest BCUT2D eigenvalue weighted by molar-refractivity contribution is 5.63. The zero-order valence-corrected chi connectivity index (χ0v) is 15.8. The van der Waals surface area contributed by atoms with E-state index >= 15 is 0 Å². The summed E-state index contributed by atoms with van der Waals surface area (Å²) in [6.07, 6.45) is 12.8. The summed E-state index contributed by atoms with van der Waals surface area (Å²) in [6, 6.07) is 5.32. The van der Waals surface area contributed by atoms with Crippen molar-refractivity contribution < 1.29 is 19.2 Å². The van der Waals surface area contributed by atoms with Crippen LogP contribution in [-0.4, -0.2) is 17.7 Å². The van der Waals surface area contributed by atoms with E-state index in [2.05, 4.69) is 6.92 Å². The molecule has 6 nitrogen and oxygen atoms in total. The van der Waals surface area contributed by atoms with Gasteiger partial charge in [0.15, 0.2) is 0 Å². The molecule has 0 aliphatic heterocycles. The Hall–Kier alpha value is -2.11. The van der Waals surface area contributed by atoms with Gasteiger partial charge in [-0.05, 0) is 18.6 Å². The van der Waals surface area contributed by atoms with Gasteiger partial charge < -0.3 is 9.47 Å². The van der Waals surface area contributed by atoms with Crippen LogP contribution in [0.25, 0.3) is 0 Å². The second-order valence-corrected chi connectivity index (χ2v) is 6.49. The van der Waals surface area contributed by atoms with Crippen molar-refractivity contribution in [3.8, 4) is 5.75 Å². The number of nitro groups is 1. The minimum absolute atomic E-state index is 0.0494. The summed E-state index contributed by atoms with van der Waals surface area (Å²) in [6.45, 7) is 2.57. The van der Waals surface area contributed by atoms with Crippen molar-refractivity contribution in [2.45, 2.75) is 77.6 Å². The first-order valence-corrected chi connectivity index (χ1v) is 9.72. The number of hydrogen-bond acceptors (Lipinski definition) is 5. The molecule has 6 heteroatoms. The van der Waals surface area contributed by atoms with Crippen LogP contribution < -0.4 is 4.74 Å². The second kappa shape index (κ2) is 14.1. The number of ether oxygens (including phenoxy) is 2. The van der Waals surface area contributed by atoms with E-state index in [0.717, 1.165) is 19.3 Å². The molecule has 0 saturated heterocycles. The Kier molecular flexibility index (Phi) is 11.9. The van der Waals surface area contributed by atoms with E-state index in [1.807, 2.05) is 0 Å². The lowest BCUT2D eigenvalue weighted by molar-refractivity contribution is -0.384. The molecule has 26 heavy (non-hydrogen) atoms. The third-order valence-corrected chi connectivity index (χ3v) is 4.22. The van der Waals surface area contributed by atoms with Gasteiger partial charge in [-0.3, -0.25) is 10.1 Å². The summed E-state index contributed by atoms with van der Waals surface area (Å²) < 4.78 is 9.98. The molecular weight excluding hydrogens is 334 g/mol. The summed E-state index contributed by atoms with van der Waals surface area (Å²) in [7, 11) is 0. The fourth-order valence-electron chi connectivity index (χ4n) is 2.68. The number of unbranched alkanes of at least 4 members (excludes halogenated alkanes) is 10. The van der Waals surface area contributed by atoms with Crippen molar-refractivity contribution >= 4 is 11.8 Å². The van der Waals surface area contributed by atoms with E-state index in [0.29, 0.717) is 6.61 Å². The average Bonchev–Trinajstić information content (AvgIpc) is 2.63. The van der Waals surface area contributed by atoms with E-state index in [1.165, 1.54) is 75.6 Å². The molecule has 0 aromatic heterocycles. The maximum absolute atomic E-state index is 11.5. The molecule has 1 rings (SSSR count). The maximum Gasteiger partial charge on any atom is 0.513 e. The van der Waals surface area contributed by atoms with Gasteiger partial charge >= 0.3 is 6.16 Å². The van der Waals surface area contributed by atoms with Crippen molar-refractivity contribution in [2.24, 2.45) is 0 Å². The zero-order chi connectivity index (χ0) is 19.0. The normalized spacial score (nSPS) is 10.5. The number of nitrogens with zero attached hydrogens (tertiary/aromatic N) is 1. The zero-order valence-electron chi connectivity index (χ0n) is 15.8.